The highest BCUT2D eigenvalue weighted by atomic mass is 16.5. The number of carbonyl (C=O) groups excluding carboxylic acids is 2. The first-order chi connectivity index (χ1) is 16.7. The molecule has 3 aromatic carbocycles. The van der Waals surface area contributed by atoms with Gasteiger partial charge in [0, 0.05) is 35.8 Å². The van der Waals surface area contributed by atoms with Gasteiger partial charge in [0.25, 0.3) is 5.91 Å². The van der Waals surface area contributed by atoms with Crippen molar-refractivity contribution in [3.05, 3.63) is 102 Å². The number of carbonyl (C=O) groups is 2. The van der Waals surface area contributed by atoms with E-state index in [1.165, 1.54) is 0 Å². The third kappa shape index (κ3) is 4.71. The van der Waals surface area contributed by atoms with Crippen molar-refractivity contribution in [1.82, 2.24) is 20.3 Å². The van der Waals surface area contributed by atoms with E-state index < -0.39 is 0 Å². The Bertz CT molecular complexity index is 1440. The van der Waals surface area contributed by atoms with Crippen molar-refractivity contribution >= 4 is 28.4 Å². The fourth-order valence-electron chi connectivity index (χ4n) is 3.67. The Morgan fingerprint density at radius 1 is 0.941 bits per heavy atom. The van der Waals surface area contributed by atoms with Crippen LogP contribution in [0.25, 0.3) is 22.2 Å². The first kappa shape index (κ1) is 21.1. The van der Waals surface area contributed by atoms with Crippen LogP contribution >= 0.6 is 0 Å². The summed E-state index contributed by atoms with van der Waals surface area (Å²) in [6.45, 7) is 0.444. The lowest BCUT2D eigenvalue weighted by Crippen LogP contribution is -2.23. The monoisotopic (exact) mass is 451 g/mol. The predicted octanol–water partition coefficient (Wildman–Crippen LogP) is 4.26. The van der Waals surface area contributed by atoms with Crippen LogP contribution < -0.4 is 10.6 Å². The molecule has 0 saturated heterocycles. The zero-order chi connectivity index (χ0) is 23.3. The van der Waals surface area contributed by atoms with E-state index in [2.05, 4.69) is 20.9 Å². The zero-order valence-electron chi connectivity index (χ0n) is 18.1. The van der Waals surface area contributed by atoms with Crippen LogP contribution in [0.15, 0.2) is 95.8 Å². The van der Waals surface area contributed by atoms with Crippen molar-refractivity contribution in [3.63, 3.8) is 0 Å². The molecule has 8 heteroatoms. The summed E-state index contributed by atoms with van der Waals surface area (Å²) in [7, 11) is 0. The molecule has 5 rings (SSSR count). The second-order valence-electron chi connectivity index (χ2n) is 7.74. The molecule has 2 heterocycles. The average Bonchev–Trinajstić information content (AvgIpc) is 3.52. The van der Waals surface area contributed by atoms with Gasteiger partial charge in [-0.3, -0.25) is 14.3 Å². The topological polar surface area (TPSA) is 102 Å². The smallest absolute Gasteiger partial charge is 0.251 e. The van der Waals surface area contributed by atoms with Gasteiger partial charge in [0.15, 0.2) is 5.76 Å². The molecule has 0 fully saturated rings. The molecule has 0 radical (unpaired) electrons. The van der Waals surface area contributed by atoms with E-state index in [-0.39, 0.29) is 18.4 Å². The van der Waals surface area contributed by atoms with Crippen molar-refractivity contribution in [2.24, 2.45) is 0 Å². The van der Waals surface area contributed by atoms with E-state index in [4.69, 9.17) is 4.52 Å². The molecule has 2 aromatic heterocycles. The van der Waals surface area contributed by atoms with Gasteiger partial charge < -0.3 is 15.2 Å². The molecule has 8 nitrogen and oxygen atoms in total. The minimum atomic E-state index is -0.213. The lowest BCUT2D eigenvalue weighted by atomic mass is 10.1. The molecule has 0 aliphatic heterocycles. The fourth-order valence-corrected chi connectivity index (χ4v) is 3.67. The Hall–Kier alpha value is -4.72. The van der Waals surface area contributed by atoms with Gasteiger partial charge in [0.1, 0.15) is 12.1 Å². The van der Waals surface area contributed by atoms with Gasteiger partial charge in [-0.25, -0.2) is 0 Å². The molecular formula is C26H21N5O3. The van der Waals surface area contributed by atoms with Crippen LogP contribution in [0.4, 0.5) is 5.69 Å². The summed E-state index contributed by atoms with van der Waals surface area (Å²) < 4.78 is 7.07. The minimum absolute atomic E-state index is 0.129. The molecule has 168 valence electrons. The van der Waals surface area contributed by atoms with Gasteiger partial charge in [-0.15, -0.1) is 0 Å². The van der Waals surface area contributed by atoms with Gasteiger partial charge in [-0.1, -0.05) is 47.6 Å². The van der Waals surface area contributed by atoms with E-state index >= 15 is 0 Å². The van der Waals surface area contributed by atoms with Crippen LogP contribution in [0.2, 0.25) is 0 Å². The summed E-state index contributed by atoms with van der Waals surface area (Å²) in [5.74, 6) is 0.236. The molecule has 0 bridgehead atoms. The van der Waals surface area contributed by atoms with Gasteiger partial charge in [-0.2, -0.15) is 5.10 Å². The van der Waals surface area contributed by atoms with Crippen LogP contribution in [0.3, 0.4) is 0 Å². The van der Waals surface area contributed by atoms with Crippen molar-refractivity contribution in [2.45, 2.75) is 13.1 Å². The zero-order valence-corrected chi connectivity index (χ0v) is 18.1. The second-order valence-corrected chi connectivity index (χ2v) is 7.74. The molecule has 2 N–H and O–H groups in total. The Kier molecular flexibility index (Phi) is 5.85. The Labute approximate surface area is 195 Å². The van der Waals surface area contributed by atoms with Crippen LogP contribution in [0.1, 0.15) is 15.9 Å². The number of hydrogen-bond acceptors (Lipinski definition) is 5. The summed E-state index contributed by atoms with van der Waals surface area (Å²) in [4.78, 5) is 25.0. The van der Waals surface area contributed by atoms with Gasteiger partial charge in [-0.05, 0) is 42.0 Å². The maximum Gasteiger partial charge on any atom is 0.251 e. The molecule has 0 aliphatic carbocycles. The van der Waals surface area contributed by atoms with Crippen LogP contribution in [-0.2, 0) is 17.9 Å². The first-order valence-corrected chi connectivity index (χ1v) is 10.7. The van der Waals surface area contributed by atoms with E-state index in [9.17, 15) is 9.59 Å². The number of benzene rings is 3. The first-order valence-electron chi connectivity index (χ1n) is 10.7. The number of amides is 2. The van der Waals surface area contributed by atoms with Crippen molar-refractivity contribution in [2.75, 3.05) is 5.32 Å². The van der Waals surface area contributed by atoms with Crippen LogP contribution in [0.5, 0.6) is 0 Å². The summed E-state index contributed by atoms with van der Waals surface area (Å²) in [6.07, 6.45) is 3.35. The highest BCUT2D eigenvalue weighted by Crippen LogP contribution is 2.29. The van der Waals surface area contributed by atoms with Gasteiger partial charge >= 0.3 is 0 Å². The average molecular weight is 451 g/mol. The normalized spacial score (nSPS) is 10.8. The minimum Gasteiger partial charge on any atom is -0.355 e. The van der Waals surface area contributed by atoms with E-state index in [0.29, 0.717) is 29.1 Å². The summed E-state index contributed by atoms with van der Waals surface area (Å²) in [5.41, 5.74) is 3.61. The number of nitrogens with one attached hydrogen (secondary N) is 2. The Morgan fingerprint density at radius 3 is 2.65 bits per heavy atom. The lowest BCUT2D eigenvalue weighted by Gasteiger charge is -2.09. The third-order valence-corrected chi connectivity index (χ3v) is 5.30. The second kappa shape index (κ2) is 9.41. The molecular weight excluding hydrogens is 430 g/mol. The number of fused-ring (bicyclic) bond motifs is 1. The molecule has 0 atom stereocenters. The van der Waals surface area contributed by atoms with Gasteiger partial charge in [0.2, 0.25) is 5.91 Å². The highest BCUT2D eigenvalue weighted by Gasteiger charge is 2.14. The summed E-state index contributed by atoms with van der Waals surface area (Å²) in [5, 5.41) is 14.7. The maximum atomic E-state index is 12.8. The lowest BCUT2D eigenvalue weighted by molar-refractivity contribution is -0.116. The number of anilines is 1. The van der Waals surface area contributed by atoms with Crippen LogP contribution in [-0.4, -0.2) is 26.8 Å². The maximum absolute atomic E-state index is 12.8. The third-order valence-electron chi connectivity index (χ3n) is 5.30. The SMILES string of the molecule is O=C(Cn1cccn1)Nc1cccc(CNC(=O)c2ccc3noc(-c4ccccc4)c3c2)c1. The standard InChI is InChI=1S/C26H21N5O3/c32-24(17-31-13-5-12-28-31)29-21-9-4-6-18(14-21)16-27-26(33)20-10-11-23-22(15-20)25(34-30-23)19-7-2-1-3-8-19/h1-15H,16-17H2,(H,27,33)(H,29,32). The van der Waals surface area contributed by atoms with Gasteiger partial charge in [0.05, 0.1) is 5.39 Å². The molecule has 0 unspecified atom stereocenters. The van der Waals surface area contributed by atoms with E-state index in [1.54, 1.807) is 47.4 Å². The highest BCUT2D eigenvalue weighted by molar-refractivity contribution is 6.01. The van der Waals surface area contributed by atoms with Crippen molar-refractivity contribution in [1.29, 1.82) is 0 Å². The number of nitrogens with zero attached hydrogens (tertiary/aromatic N) is 3. The number of rotatable bonds is 7. The van der Waals surface area contributed by atoms with Crippen molar-refractivity contribution < 1.29 is 14.1 Å². The van der Waals surface area contributed by atoms with Crippen molar-refractivity contribution in [3.8, 4) is 11.3 Å². The molecule has 0 spiro atoms. The Balaban J connectivity index is 1.25. The number of aromatic nitrogens is 3. The molecule has 34 heavy (non-hydrogen) atoms. The molecule has 0 aliphatic rings. The molecule has 2 amide bonds. The summed E-state index contributed by atoms with van der Waals surface area (Å²) in [6, 6.07) is 24.1. The predicted molar refractivity (Wildman–Crippen MR) is 128 cm³/mol. The quantitative estimate of drug-likeness (QED) is 0.385. The van der Waals surface area contributed by atoms with E-state index in [1.807, 2.05) is 48.5 Å². The van der Waals surface area contributed by atoms with Crippen LogP contribution in [0, 0.1) is 0 Å². The molecule has 0 saturated carbocycles. The molecule has 5 aromatic rings. The Morgan fingerprint density at radius 2 is 1.82 bits per heavy atom. The van der Waals surface area contributed by atoms with E-state index in [0.717, 1.165) is 16.5 Å². The summed E-state index contributed by atoms with van der Waals surface area (Å²) >= 11 is 0. The number of hydrogen-bond donors (Lipinski definition) is 2. The fraction of sp³-hybridized carbons (Fsp3) is 0.0769. The largest absolute Gasteiger partial charge is 0.355 e.